The number of nitrogens with two attached hydrogens (primary N) is 1. The van der Waals surface area contributed by atoms with Gasteiger partial charge in [0.15, 0.2) is 0 Å². The molecular formula is C14H14FN. The molecule has 0 aliphatic rings. The van der Waals surface area contributed by atoms with E-state index >= 15 is 0 Å². The van der Waals surface area contributed by atoms with Crippen molar-refractivity contribution in [2.24, 2.45) is 0 Å². The Labute approximate surface area is 94.7 Å². The van der Waals surface area contributed by atoms with E-state index in [1.807, 2.05) is 31.2 Å². The molecule has 0 fully saturated rings. The van der Waals surface area contributed by atoms with Gasteiger partial charge in [-0.3, -0.25) is 0 Å². The molecule has 2 N–H and O–H groups in total. The van der Waals surface area contributed by atoms with Gasteiger partial charge in [0.25, 0.3) is 0 Å². The molecule has 0 saturated heterocycles. The Balaban J connectivity index is 2.34. The summed E-state index contributed by atoms with van der Waals surface area (Å²) < 4.78 is 13.1. The zero-order valence-corrected chi connectivity index (χ0v) is 9.20. The van der Waals surface area contributed by atoms with Gasteiger partial charge in [-0.25, -0.2) is 4.39 Å². The first kappa shape index (κ1) is 10.7. The smallest absolute Gasteiger partial charge is 0.123 e. The largest absolute Gasteiger partial charge is 0.398 e. The number of anilines is 1. The van der Waals surface area contributed by atoms with Gasteiger partial charge in [-0.1, -0.05) is 24.3 Å². The predicted molar refractivity (Wildman–Crippen MR) is 64.8 cm³/mol. The van der Waals surface area contributed by atoms with Crippen molar-refractivity contribution in [2.45, 2.75) is 13.3 Å². The maximum Gasteiger partial charge on any atom is 0.123 e. The second-order valence-electron chi connectivity index (χ2n) is 3.95. The third-order valence-electron chi connectivity index (χ3n) is 2.75. The molecule has 0 heterocycles. The Kier molecular flexibility index (Phi) is 2.91. The average molecular weight is 215 g/mol. The van der Waals surface area contributed by atoms with Crippen LogP contribution in [0, 0.1) is 12.7 Å². The Hall–Kier alpha value is -1.83. The summed E-state index contributed by atoms with van der Waals surface area (Å²) in [5, 5.41) is 0. The van der Waals surface area contributed by atoms with Crippen LogP contribution in [0.2, 0.25) is 0 Å². The summed E-state index contributed by atoms with van der Waals surface area (Å²) in [6.07, 6.45) is 0.677. The Morgan fingerprint density at radius 1 is 1.06 bits per heavy atom. The molecule has 82 valence electrons. The van der Waals surface area contributed by atoms with Crippen LogP contribution in [0.1, 0.15) is 16.7 Å². The molecule has 0 saturated carbocycles. The standard InChI is InChI=1S/C14H14FN/c1-10-6-7-13(15)9-12(10)8-11-4-2-3-5-14(11)16/h2-7,9H,8,16H2,1H3. The lowest BCUT2D eigenvalue weighted by atomic mass is 9.99. The third-order valence-corrected chi connectivity index (χ3v) is 2.75. The highest BCUT2D eigenvalue weighted by Crippen LogP contribution is 2.19. The summed E-state index contributed by atoms with van der Waals surface area (Å²) in [5.41, 5.74) is 9.73. The van der Waals surface area contributed by atoms with Gasteiger partial charge >= 0.3 is 0 Å². The fourth-order valence-electron chi connectivity index (χ4n) is 1.73. The van der Waals surface area contributed by atoms with Gasteiger partial charge in [0.1, 0.15) is 5.82 Å². The van der Waals surface area contributed by atoms with Crippen LogP contribution in [-0.2, 0) is 6.42 Å². The Morgan fingerprint density at radius 2 is 1.81 bits per heavy atom. The number of benzene rings is 2. The minimum absolute atomic E-state index is 0.199. The van der Waals surface area contributed by atoms with Crippen molar-refractivity contribution in [1.29, 1.82) is 0 Å². The highest BCUT2D eigenvalue weighted by atomic mass is 19.1. The van der Waals surface area contributed by atoms with E-state index in [1.165, 1.54) is 6.07 Å². The topological polar surface area (TPSA) is 26.0 Å². The maximum atomic E-state index is 13.1. The molecule has 2 heteroatoms. The van der Waals surface area contributed by atoms with E-state index < -0.39 is 0 Å². The van der Waals surface area contributed by atoms with Gasteiger partial charge in [-0.15, -0.1) is 0 Å². The van der Waals surface area contributed by atoms with Crippen LogP contribution in [0.15, 0.2) is 42.5 Å². The first-order chi connectivity index (χ1) is 7.66. The third kappa shape index (κ3) is 2.22. The van der Waals surface area contributed by atoms with Gasteiger partial charge in [0.2, 0.25) is 0 Å². The number of para-hydroxylation sites is 1. The maximum absolute atomic E-state index is 13.1. The van der Waals surface area contributed by atoms with E-state index in [4.69, 9.17) is 5.73 Å². The van der Waals surface area contributed by atoms with Crippen LogP contribution in [0.3, 0.4) is 0 Å². The summed E-state index contributed by atoms with van der Waals surface area (Å²) >= 11 is 0. The summed E-state index contributed by atoms with van der Waals surface area (Å²) in [5.74, 6) is -0.199. The van der Waals surface area contributed by atoms with Crippen molar-refractivity contribution in [3.8, 4) is 0 Å². The second-order valence-corrected chi connectivity index (χ2v) is 3.95. The molecule has 16 heavy (non-hydrogen) atoms. The quantitative estimate of drug-likeness (QED) is 0.764. The average Bonchev–Trinajstić information content (AvgIpc) is 2.27. The van der Waals surface area contributed by atoms with Crippen LogP contribution in [0.4, 0.5) is 10.1 Å². The molecular weight excluding hydrogens is 201 g/mol. The summed E-state index contributed by atoms with van der Waals surface area (Å²) in [6, 6.07) is 12.5. The minimum Gasteiger partial charge on any atom is -0.398 e. The van der Waals surface area contributed by atoms with Crippen LogP contribution in [0.25, 0.3) is 0 Å². The Bertz CT molecular complexity index is 506. The molecule has 0 aliphatic heterocycles. The molecule has 0 bridgehead atoms. The zero-order valence-electron chi connectivity index (χ0n) is 9.20. The van der Waals surface area contributed by atoms with E-state index in [9.17, 15) is 4.39 Å². The number of hydrogen-bond donors (Lipinski definition) is 1. The van der Waals surface area contributed by atoms with Crippen molar-refractivity contribution in [1.82, 2.24) is 0 Å². The molecule has 0 radical (unpaired) electrons. The molecule has 0 amide bonds. The van der Waals surface area contributed by atoms with Crippen LogP contribution in [-0.4, -0.2) is 0 Å². The van der Waals surface area contributed by atoms with Crippen molar-refractivity contribution in [3.05, 3.63) is 65.0 Å². The molecule has 0 aromatic heterocycles. The molecule has 0 unspecified atom stereocenters. The van der Waals surface area contributed by atoms with Crippen molar-refractivity contribution in [3.63, 3.8) is 0 Å². The fourth-order valence-corrected chi connectivity index (χ4v) is 1.73. The molecule has 2 aromatic rings. The van der Waals surface area contributed by atoms with E-state index in [-0.39, 0.29) is 5.82 Å². The minimum atomic E-state index is -0.199. The molecule has 2 aromatic carbocycles. The number of hydrogen-bond acceptors (Lipinski definition) is 1. The van der Waals surface area contributed by atoms with E-state index in [2.05, 4.69) is 0 Å². The molecule has 0 spiro atoms. The molecule has 0 atom stereocenters. The molecule has 2 rings (SSSR count). The SMILES string of the molecule is Cc1ccc(F)cc1Cc1ccccc1N. The second kappa shape index (κ2) is 4.35. The van der Waals surface area contributed by atoms with Crippen LogP contribution < -0.4 is 5.73 Å². The number of nitrogen functional groups attached to an aromatic ring is 1. The lowest BCUT2D eigenvalue weighted by molar-refractivity contribution is 0.625. The van der Waals surface area contributed by atoms with Gasteiger partial charge in [0, 0.05) is 5.69 Å². The van der Waals surface area contributed by atoms with Crippen molar-refractivity contribution in [2.75, 3.05) is 5.73 Å². The monoisotopic (exact) mass is 215 g/mol. The predicted octanol–water partition coefficient (Wildman–Crippen LogP) is 3.31. The first-order valence-corrected chi connectivity index (χ1v) is 5.25. The Morgan fingerprint density at radius 3 is 2.56 bits per heavy atom. The highest BCUT2D eigenvalue weighted by molar-refractivity contribution is 5.49. The lowest BCUT2D eigenvalue weighted by Gasteiger charge is -2.08. The van der Waals surface area contributed by atoms with E-state index in [0.29, 0.717) is 6.42 Å². The zero-order chi connectivity index (χ0) is 11.5. The fraction of sp³-hybridized carbons (Fsp3) is 0.143. The summed E-state index contributed by atoms with van der Waals surface area (Å²) in [7, 11) is 0. The van der Waals surface area contributed by atoms with E-state index in [0.717, 1.165) is 22.4 Å². The van der Waals surface area contributed by atoms with Crippen molar-refractivity contribution >= 4 is 5.69 Å². The summed E-state index contributed by atoms with van der Waals surface area (Å²) in [4.78, 5) is 0. The van der Waals surface area contributed by atoms with Gasteiger partial charge in [0.05, 0.1) is 0 Å². The van der Waals surface area contributed by atoms with E-state index in [1.54, 1.807) is 12.1 Å². The molecule has 1 nitrogen and oxygen atoms in total. The van der Waals surface area contributed by atoms with Gasteiger partial charge in [-0.2, -0.15) is 0 Å². The summed E-state index contributed by atoms with van der Waals surface area (Å²) in [6.45, 7) is 1.98. The number of halogens is 1. The van der Waals surface area contributed by atoms with Gasteiger partial charge in [-0.05, 0) is 48.2 Å². The van der Waals surface area contributed by atoms with Gasteiger partial charge < -0.3 is 5.73 Å². The highest BCUT2D eigenvalue weighted by Gasteiger charge is 2.04. The normalized spacial score (nSPS) is 10.4. The van der Waals surface area contributed by atoms with Crippen molar-refractivity contribution < 1.29 is 4.39 Å². The number of rotatable bonds is 2. The first-order valence-electron chi connectivity index (χ1n) is 5.25. The van der Waals surface area contributed by atoms with Crippen LogP contribution >= 0.6 is 0 Å². The van der Waals surface area contributed by atoms with Crippen LogP contribution in [0.5, 0.6) is 0 Å². The number of aryl methyl sites for hydroxylation is 1. The lowest BCUT2D eigenvalue weighted by Crippen LogP contribution is -1.97. The molecule has 0 aliphatic carbocycles.